The summed E-state index contributed by atoms with van der Waals surface area (Å²) in [4.78, 5) is 2.62. The van der Waals surface area contributed by atoms with Gasteiger partial charge in [0, 0.05) is 24.7 Å². The first-order chi connectivity index (χ1) is 10.2. The molecule has 1 aromatic carbocycles. The summed E-state index contributed by atoms with van der Waals surface area (Å²) in [6.45, 7) is 6.20. The van der Waals surface area contributed by atoms with E-state index in [1.807, 2.05) is 19.1 Å². The van der Waals surface area contributed by atoms with Crippen molar-refractivity contribution in [3.8, 4) is 0 Å². The quantitative estimate of drug-likeness (QED) is 0.891. The topological polar surface area (TPSA) is 15.3 Å². The maximum absolute atomic E-state index is 13.4. The molecule has 1 aromatic rings. The van der Waals surface area contributed by atoms with Crippen LogP contribution in [0.3, 0.4) is 0 Å². The molecule has 0 aliphatic carbocycles. The molecule has 3 heteroatoms. The van der Waals surface area contributed by atoms with E-state index in [0.29, 0.717) is 6.04 Å². The predicted molar refractivity (Wildman–Crippen MR) is 84.8 cm³/mol. The van der Waals surface area contributed by atoms with Gasteiger partial charge in [0.05, 0.1) is 0 Å². The highest BCUT2D eigenvalue weighted by Crippen LogP contribution is 2.30. The average molecular weight is 290 g/mol. The van der Waals surface area contributed by atoms with E-state index in [1.165, 1.54) is 37.7 Å². The molecular weight excluding hydrogens is 263 g/mol. The van der Waals surface area contributed by atoms with Gasteiger partial charge in [-0.1, -0.05) is 19.1 Å². The van der Waals surface area contributed by atoms with E-state index in [-0.39, 0.29) is 5.82 Å². The Labute approximate surface area is 127 Å². The van der Waals surface area contributed by atoms with Crippen molar-refractivity contribution in [1.29, 1.82) is 0 Å². The zero-order chi connectivity index (χ0) is 14.8. The summed E-state index contributed by atoms with van der Waals surface area (Å²) in [5.74, 6) is -0.0966. The van der Waals surface area contributed by atoms with Crippen LogP contribution in [0.1, 0.15) is 50.2 Å². The number of fused-ring (bicyclic) bond motifs is 2. The minimum atomic E-state index is -0.0966. The van der Waals surface area contributed by atoms with E-state index >= 15 is 0 Å². The van der Waals surface area contributed by atoms with Crippen molar-refractivity contribution in [1.82, 2.24) is 10.2 Å². The molecule has 2 saturated heterocycles. The zero-order valence-electron chi connectivity index (χ0n) is 13.2. The van der Waals surface area contributed by atoms with E-state index < -0.39 is 0 Å². The maximum Gasteiger partial charge on any atom is 0.126 e. The molecule has 1 N–H and O–H groups in total. The lowest BCUT2D eigenvalue weighted by molar-refractivity contribution is 0.134. The first-order valence-corrected chi connectivity index (χ1v) is 8.41. The third kappa shape index (κ3) is 3.46. The van der Waals surface area contributed by atoms with Crippen molar-refractivity contribution in [2.24, 2.45) is 0 Å². The molecule has 0 radical (unpaired) electrons. The third-order valence-corrected chi connectivity index (χ3v) is 5.08. The van der Waals surface area contributed by atoms with Gasteiger partial charge in [-0.25, -0.2) is 4.39 Å². The fourth-order valence-corrected chi connectivity index (χ4v) is 4.04. The monoisotopic (exact) mass is 290 g/mol. The van der Waals surface area contributed by atoms with Crippen LogP contribution in [0.15, 0.2) is 18.2 Å². The number of aryl methyl sites for hydroxylation is 1. The summed E-state index contributed by atoms with van der Waals surface area (Å²) >= 11 is 0. The summed E-state index contributed by atoms with van der Waals surface area (Å²) < 4.78 is 13.4. The first kappa shape index (κ1) is 15.0. The van der Waals surface area contributed by atoms with Crippen LogP contribution >= 0.6 is 0 Å². The van der Waals surface area contributed by atoms with Gasteiger partial charge in [-0.2, -0.15) is 0 Å². The zero-order valence-corrected chi connectivity index (χ0v) is 13.2. The van der Waals surface area contributed by atoms with Gasteiger partial charge >= 0.3 is 0 Å². The van der Waals surface area contributed by atoms with Gasteiger partial charge in [-0.15, -0.1) is 0 Å². The number of nitrogens with one attached hydrogen (secondary N) is 1. The molecule has 3 rings (SSSR count). The molecule has 0 spiro atoms. The van der Waals surface area contributed by atoms with E-state index in [1.54, 1.807) is 6.07 Å². The van der Waals surface area contributed by atoms with Crippen molar-refractivity contribution in [3.63, 3.8) is 0 Å². The Morgan fingerprint density at radius 1 is 1.24 bits per heavy atom. The fourth-order valence-electron chi connectivity index (χ4n) is 4.04. The van der Waals surface area contributed by atoms with E-state index in [4.69, 9.17) is 0 Å². The predicted octanol–water partition coefficient (Wildman–Crippen LogP) is 3.63. The van der Waals surface area contributed by atoms with Crippen LogP contribution in [0.25, 0.3) is 0 Å². The average Bonchev–Trinajstić information content (AvgIpc) is 2.81. The SMILES string of the molecule is CCCN(Cc1ccc(F)c(C)c1)C1CC2CCC(C1)N2. The Hall–Kier alpha value is -0.930. The Bertz CT molecular complexity index is 476. The van der Waals surface area contributed by atoms with E-state index in [2.05, 4.69) is 17.1 Å². The summed E-state index contributed by atoms with van der Waals surface area (Å²) in [6.07, 6.45) is 6.42. The Balaban J connectivity index is 1.70. The molecule has 2 unspecified atom stereocenters. The minimum Gasteiger partial charge on any atom is -0.311 e. The van der Waals surface area contributed by atoms with Crippen molar-refractivity contribution in [2.75, 3.05) is 6.54 Å². The van der Waals surface area contributed by atoms with Crippen LogP contribution in [-0.2, 0) is 6.54 Å². The second-order valence-corrected chi connectivity index (χ2v) is 6.82. The number of benzene rings is 1. The standard InChI is InChI=1S/C18H27FN2/c1-3-8-21(12-14-4-7-18(19)13(2)9-14)17-10-15-5-6-16(11-17)20-15/h4,7,9,15-17,20H,3,5-6,8,10-12H2,1-2H3. The largest absolute Gasteiger partial charge is 0.311 e. The molecule has 0 aromatic heterocycles. The first-order valence-electron chi connectivity index (χ1n) is 8.41. The third-order valence-electron chi connectivity index (χ3n) is 5.08. The van der Waals surface area contributed by atoms with Crippen LogP contribution in [0.4, 0.5) is 4.39 Å². The lowest BCUT2D eigenvalue weighted by Crippen LogP contribution is -2.48. The number of hydrogen-bond acceptors (Lipinski definition) is 2. The second-order valence-electron chi connectivity index (χ2n) is 6.82. The molecule has 2 nitrogen and oxygen atoms in total. The normalized spacial score (nSPS) is 28.3. The van der Waals surface area contributed by atoms with E-state index in [9.17, 15) is 4.39 Å². The van der Waals surface area contributed by atoms with Gasteiger partial charge in [0.15, 0.2) is 0 Å². The number of halogens is 1. The highest BCUT2D eigenvalue weighted by Gasteiger charge is 2.35. The molecule has 2 atom stereocenters. The van der Waals surface area contributed by atoms with Crippen molar-refractivity contribution in [3.05, 3.63) is 35.1 Å². The molecule has 116 valence electrons. The number of piperidine rings is 1. The minimum absolute atomic E-state index is 0.0966. The fraction of sp³-hybridized carbons (Fsp3) is 0.667. The highest BCUT2D eigenvalue weighted by molar-refractivity contribution is 5.24. The molecule has 2 aliphatic rings. The molecule has 21 heavy (non-hydrogen) atoms. The van der Waals surface area contributed by atoms with Gasteiger partial charge in [-0.3, -0.25) is 4.90 Å². The molecule has 0 saturated carbocycles. The Kier molecular flexibility index (Phi) is 4.60. The number of rotatable bonds is 5. The summed E-state index contributed by atoms with van der Waals surface area (Å²) in [6, 6.07) is 7.70. The van der Waals surface area contributed by atoms with Gasteiger partial charge < -0.3 is 5.32 Å². The van der Waals surface area contributed by atoms with Gasteiger partial charge in [-0.05, 0) is 62.8 Å². The lowest BCUT2D eigenvalue weighted by Gasteiger charge is -2.38. The molecule has 0 amide bonds. The van der Waals surface area contributed by atoms with Crippen LogP contribution in [0.2, 0.25) is 0 Å². The highest BCUT2D eigenvalue weighted by atomic mass is 19.1. The number of hydrogen-bond donors (Lipinski definition) is 1. The smallest absolute Gasteiger partial charge is 0.126 e. The molecule has 2 heterocycles. The van der Waals surface area contributed by atoms with Crippen molar-refractivity contribution >= 4 is 0 Å². The van der Waals surface area contributed by atoms with Crippen LogP contribution < -0.4 is 5.32 Å². The Morgan fingerprint density at radius 2 is 1.95 bits per heavy atom. The molecular formula is C18H27FN2. The number of nitrogens with zero attached hydrogens (tertiary/aromatic N) is 1. The van der Waals surface area contributed by atoms with Gasteiger partial charge in [0.2, 0.25) is 0 Å². The molecule has 2 aliphatic heterocycles. The maximum atomic E-state index is 13.4. The second kappa shape index (κ2) is 6.45. The van der Waals surface area contributed by atoms with Gasteiger partial charge in [0.25, 0.3) is 0 Å². The Morgan fingerprint density at radius 3 is 2.57 bits per heavy atom. The van der Waals surface area contributed by atoms with Crippen LogP contribution in [0, 0.1) is 12.7 Å². The van der Waals surface area contributed by atoms with Crippen LogP contribution in [-0.4, -0.2) is 29.6 Å². The van der Waals surface area contributed by atoms with Gasteiger partial charge in [0.1, 0.15) is 5.82 Å². The van der Waals surface area contributed by atoms with Crippen molar-refractivity contribution in [2.45, 2.75) is 70.6 Å². The van der Waals surface area contributed by atoms with Crippen LogP contribution in [0.5, 0.6) is 0 Å². The molecule has 2 fully saturated rings. The summed E-state index contributed by atoms with van der Waals surface area (Å²) in [5, 5.41) is 3.72. The molecule has 2 bridgehead atoms. The summed E-state index contributed by atoms with van der Waals surface area (Å²) in [7, 11) is 0. The van der Waals surface area contributed by atoms with Crippen molar-refractivity contribution < 1.29 is 4.39 Å². The summed E-state index contributed by atoms with van der Waals surface area (Å²) in [5.41, 5.74) is 2.00. The lowest BCUT2D eigenvalue weighted by atomic mass is 9.97. The van der Waals surface area contributed by atoms with E-state index in [0.717, 1.165) is 30.7 Å².